The van der Waals surface area contributed by atoms with Crippen LogP contribution in [0.2, 0.25) is 0 Å². The van der Waals surface area contributed by atoms with Gasteiger partial charge in [0.15, 0.2) is 18.3 Å². The number of rotatable bonds is 8. The highest BCUT2D eigenvalue weighted by Crippen LogP contribution is 2.29. The summed E-state index contributed by atoms with van der Waals surface area (Å²) < 4.78 is 15.7. The van der Waals surface area contributed by atoms with Gasteiger partial charge in [-0.25, -0.2) is 4.79 Å². The third-order valence-electron chi connectivity index (χ3n) is 2.27. The second kappa shape index (κ2) is 8.11. The summed E-state index contributed by atoms with van der Waals surface area (Å²) in [5.74, 6) is 0.276. The fourth-order valence-electron chi connectivity index (χ4n) is 1.38. The molecule has 0 saturated carbocycles. The molecule has 0 aromatic heterocycles. The van der Waals surface area contributed by atoms with Gasteiger partial charge >= 0.3 is 5.97 Å². The number of hydrogen-bond donors (Lipinski definition) is 0. The number of ether oxygens (including phenoxy) is 3. The van der Waals surface area contributed by atoms with Crippen molar-refractivity contribution in [2.75, 3.05) is 13.4 Å². The van der Waals surface area contributed by atoms with Crippen LogP contribution in [-0.2, 0) is 16.0 Å². The standard InChI is InChI=1S/C15H18O4/c1-4-7-12-8-9-13(19-15(16)5-2)14(10-12)18-11-17-6-3/h4-5,8-10H,1-2,6-7,11H2,3H3. The second-order valence-electron chi connectivity index (χ2n) is 3.65. The fourth-order valence-corrected chi connectivity index (χ4v) is 1.38. The van der Waals surface area contributed by atoms with Crippen molar-refractivity contribution in [2.45, 2.75) is 13.3 Å². The zero-order chi connectivity index (χ0) is 14.1. The van der Waals surface area contributed by atoms with E-state index >= 15 is 0 Å². The Balaban J connectivity index is 2.89. The first-order chi connectivity index (χ1) is 9.21. The van der Waals surface area contributed by atoms with E-state index in [1.54, 1.807) is 18.2 Å². The van der Waals surface area contributed by atoms with Crippen molar-refractivity contribution in [1.29, 1.82) is 0 Å². The number of carbonyl (C=O) groups excluding carboxylic acids is 1. The van der Waals surface area contributed by atoms with Gasteiger partial charge in [-0.05, 0) is 31.0 Å². The van der Waals surface area contributed by atoms with Crippen LogP contribution in [0.15, 0.2) is 43.5 Å². The first-order valence-corrected chi connectivity index (χ1v) is 5.99. The Morgan fingerprint density at radius 2 is 2.11 bits per heavy atom. The van der Waals surface area contributed by atoms with Crippen LogP contribution in [0.25, 0.3) is 0 Å². The lowest BCUT2D eigenvalue weighted by Gasteiger charge is -2.12. The largest absolute Gasteiger partial charge is 0.464 e. The van der Waals surface area contributed by atoms with E-state index in [1.807, 2.05) is 13.0 Å². The normalized spacial score (nSPS) is 9.74. The van der Waals surface area contributed by atoms with Crippen molar-refractivity contribution in [3.8, 4) is 11.5 Å². The van der Waals surface area contributed by atoms with Crippen molar-refractivity contribution in [3.63, 3.8) is 0 Å². The molecule has 0 N–H and O–H groups in total. The Morgan fingerprint density at radius 3 is 2.74 bits per heavy atom. The average molecular weight is 262 g/mol. The van der Waals surface area contributed by atoms with Crippen LogP contribution in [0.4, 0.5) is 0 Å². The van der Waals surface area contributed by atoms with Crippen LogP contribution in [0.1, 0.15) is 12.5 Å². The zero-order valence-corrected chi connectivity index (χ0v) is 11.1. The molecule has 4 nitrogen and oxygen atoms in total. The van der Waals surface area contributed by atoms with E-state index in [9.17, 15) is 4.79 Å². The lowest BCUT2D eigenvalue weighted by atomic mass is 10.1. The Bertz CT molecular complexity index is 451. The molecule has 4 heteroatoms. The predicted molar refractivity (Wildman–Crippen MR) is 73.3 cm³/mol. The van der Waals surface area contributed by atoms with Crippen LogP contribution < -0.4 is 9.47 Å². The molecule has 0 aliphatic heterocycles. The van der Waals surface area contributed by atoms with Gasteiger partial charge in [-0.15, -0.1) is 6.58 Å². The summed E-state index contributed by atoms with van der Waals surface area (Å²) in [7, 11) is 0. The smallest absolute Gasteiger partial charge is 0.335 e. The fraction of sp³-hybridized carbons (Fsp3) is 0.267. The van der Waals surface area contributed by atoms with E-state index < -0.39 is 5.97 Å². The molecule has 0 spiro atoms. The van der Waals surface area contributed by atoms with Gasteiger partial charge in [-0.3, -0.25) is 0 Å². The van der Waals surface area contributed by atoms with Gasteiger partial charge in [-0.1, -0.05) is 18.7 Å². The topological polar surface area (TPSA) is 44.8 Å². The number of hydrogen-bond acceptors (Lipinski definition) is 4. The highest BCUT2D eigenvalue weighted by molar-refractivity contribution is 5.83. The molecular weight excluding hydrogens is 244 g/mol. The quantitative estimate of drug-likeness (QED) is 0.180. The van der Waals surface area contributed by atoms with E-state index in [2.05, 4.69) is 13.2 Å². The van der Waals surface area contributed by atoms with Crippen molar-refractivity contribution in [3.05, 3.63) is 49.1 Å². The highest BCUT2D eigenvalue weighted by atomic mass is 16.7. The molecule has 1 rings (SSSR count). The maximum absolute atomic E-state index is 11.2. The number of allylic oxidation sites excluding steroid dienone is 1. The van der Waals surface area contributed by atoms with Crippen LogP contribution in [0.5, 0.6) is 11.5 Å². The summed E-state index contributed by atoms with van der Waals surface area (Å²) >= 11 is 0. The van der Waals surface area contributed by atoms with Gasteiger partial charge < -0.3 is 14.2 Å². The van der Waals surface area contributed by atoms with Gasteiger partial charge in [0.1, 0.15) is 0 Å². The van der Waals surface area contributed by atoms with E-state index in [1.165, 1.54) is 0 Å². The van der Waals surface area contributed by atoms with Crippen LogP contribution in [-0.4, -0.2) is 19.4 Å². The molecule has 0 heterocycles. The van der Waals surface area contributed by atoms with Crippen molar-refractivity contribution >= 4 is 5.97 Å². The zero-order valence-electron chi connectivity index (χ0n) is 11.1. The molecule has 0 amide bonds. The molecule has 1 aromatic rings. The van der Waals surface area contributed by atoms with Crippen molar-refractivity contribution in [2.24, 2.45) is 0 Å². The third kappa shape index (κ3) is 4.97. The van der Waals surface area contributed by atoms with Crippen LogP contribution in [0.3, 0.4) is 0 Å². The van der Waals surface area contributed by atoms with E-state index in [-0.39, 0.29) is 6.79 Å². The maximum atomic E-state index is 11.2. The summed E-state index contributed by atoms with van der Waals surface area (Å²) in [6, 6.07) is 5.33. The molecule has 0 radical (unpaired) electrons. The van der Waals surface area contributed by atoms with Gasteiger partial charge in [0.25, 0.3) is 0 Å². The minimum absolute atomic E-state index is 0.104. The SMILES string of the molecule is C=CCc1ccc(OC(=O)C=C)c(OCOCC)c1. The van der Waals surface area contributed by atoms with Gasteiger partial charge in [-0.2, -0.15) is 0 Å². The summed E-state index contributed by atoms with van der Waals surface area (Å²) in [5, 5.41) is 0. The van der Waals surface area contributed by atoms with Crippen molar-refractivity contribution in [1.82, 2.24) is 0 Å². The number of esters is 1. The summed E-state index contributed by atoms with van der Waals surface area (Å²) in [6.07, 6.45) is 3.60. The Kier molecular flexibility index (Phi) is 6.39. The number of benzene rings is 1. The molecule has 0 unspecified atom stereocenters. The Hall–Kier alpha value is -2.07. The van der Waals surface area contributed by atoms with E-state index in [0.717, 1.165) is 11.6 Å². The molecule has 1 aromatic carbocycles. The minimum Gasteiger partial charge on any atom is -0.464 e. The number of carbonyl (C=O) groups is 1. The maximum Gasteiger partial charge on any atom is 0.335 e. The van der Waals surface area contributed by atoms with E-state index in [4.69, 9.17) is 14.2 Å². The molecule has 0 bridgehead atoms. The molecule has 0 atom stereocenters. The molecule has 0 aliphatic carbocycles. The lowest BCUT2D eigenvalue weighted by Crippen LogP contribution is -2.08. The summed E-state index contributed by atoms with van der Waals surface area (Å²) in [5.41, 5.74) is 1.01. The summed E-state index contributed by atoms with van der Waals surface area (Å²) in [6.45, 7) is 9.56. The average Bonchev–Trinajstić information content (AvgIpc) is 2.42. The van der Waals surface area contributed by atoms with Crippen LogP contribution in [0, 0.1) is 0 Å². The molecular formula is C15H18O4. The third-order valence-corrected chi connectivity index (χ3v) is 2.27. The van der Waals surface area contributed by atoms with Gasteiger partial charge in [0, 0.05) is 12.7 Å². The molecule has 0 fully saturated rings. The Morgan fingerprint density at radius 1 is 1.32 bits per heavy atom. The minimum atomic E-state index is -0.530. The molecule has 0 aliphatic rings. The predicted octanol–water partition coefficient (Wildman–Crippen LogP) is 2.88. The molecule has 0 saturated heterocycles. The summed E-state index contributed by atoms with van der Waals surface area (Å²) in [4.78, 5) is 11.2. The van der Waals surface area contributed by atoms with Crippen LogP contribution >= 0.6 is 0 Å². The van der Waals surface area contributed by atoms with Gasteiger partial charge in [0.2, 0.25) is 0 Å². The first kappa shape index (κ1) is 15.0. The van der Waals surface area contributed by atoms with Crippen molar-refractivity contribution < 1.29 is 19.0 Å². The first-order valence-electron chi connectivity index (χ1n) is 5.99. The second-order valence-corrected chi connectivity index (χ2v) is 3.65. The Labute approximate surface area is 113 Å². The van der Waals surface area contributed by atoms with Gasteiger partial charge in [0.05, 0.1) is 0 Å². The highest BCUT2D eigenvalue weighted by Gasteiger charge is 2.09. The monoisotopic (exact) mass is 262 g/mol. The molecule has 19 heavy (non-hydrogen) atoms. The molecule has 102 valence electrons. The van der Waals surface area contributed by atoms with E-state index in [0.29, 0.717) is 24.5 Å². The lowest BCUT2D eigenvalue weighted by molar-refractivity contribution is -0.129.